The van der Waals surface area contributed by atoms with Gasteiger partial charge in [0, 0.05) is 50.5 Å². The minimum absolute atomic E-state index is 0.0340. The number of nitrogens with zero attached hydrogens (tertiary/aromatic N) is 7. The summed E-state index contributed by atoms with van der Waals surface area (Å²) in [7, 11) is 4.70. The van der Waals surface area contributed by atoms with Crippen LogP contribution in [-0.2, 0) is 31.4 Å². The van der Waals surface area contributed by atoms with Crippen LogP contribution in [0.25, 0.3) is 0 Å². The summed E-state index contributed by atoms with van der Waals surface area (Å²) in [6, 6.07) is 1.25. The van der Waals surface area contributed by atoms with E-state index in [1.807, 2.05) is 4.90 Å². The van der Waals surface area contributed by atoms with E-state index in [0.717, 1.165) is 11.6 Å². The molecule has 1 unspecified atom stereocenters. The van der Waals surface area contributed by atoms with E-state index in [1.54, 1.807) is 18.8 Å². The lowest BCUT2D eigenvalue weighted by atomic mass is 9.99. The number of carbonyl (C=O) groups excluding carboxylic acids is 1. The minimum atomic E-state index is -4.67. The Morgan fingerprint density at radius 3 is 2.69 bits per heavy atom. The molecule has 42 heavy (non-hydrogen) atoms. The second-order valence-electron chi connectivity index (χ2n) is 10.00. The molecule has 3 aromatic heterocycles. The average Bonchev–Trinajstić information content (AvgIpc) is 3.10. The van der Waals surface area contributed by atoms with E-state index in [0.29, 0.717) is 49.0 Å². The number of alkyl halides is 3. The summed E-state index contributed by atoms with van der Waals surface area (Å²) >= 11 is 7.97. The zero-order valence-electron chi connectivity index (χ0n) is 23.3. The van der Waals surface area contributed by atoms with Gasteiger partial charge in [0.2, 0.25) is 0 Å². The molecule has 0 spiro atoms. The lowest BCUT2D eigenvalue weighted by Crippen LogP contribution is -2.28. The Morgan fingerprint density at radius 2 is 2.02 bits per heavy atom. The van der Waals surface area contributed by atoms with E-state index in [2.05, 4.69) is 31.9 Å². The Kier molecular flexibility index (Phi) is 8.17. The van der Waals surface area contributed by atoms with Gasteiger partial charge in [-0.3, -0.25) is 9.48 Å². The summed E-state index contributed by atoms with van der Waals surface area (Å²) in [5.41, 5.74) is 6.88. The third-order valence-corrected chi connectivity index (χ3v) is 8.64. The third-order valence-electron chi connectivity index (χ3n) is 7.00. The van der Waals surface area contributed by atoms with Crippen LogP contribution >= 0.6 is 23.4 Å². The molecule has 0 saturated carbocycles. The minimum Gasteiger partial charge on any atom is -0.467 e. The summed E-state index contributed by atoms with van der Waals surface area (Å²) in [6.45, 7) is 2.95. The van der Waals surface area contributed by atoms with Gasteiger partial charge in [-0.1, -0.05) is 17.5 Å². The lowest BCUT2D eigenvalue weighted by Gasteiger charge is -2.30. The first-order valence-electron chi connectivity index (χ1n) is 13.0. The first-order chi connectivity index (χ1) is 19.9. The Balaban J connectivity index is 1.54. The Labute approximate surface area is 249 Å². The number of ether oxygens (including phenoxy) is 1. The number of carbonyl (C=O) groups is 1. The monoisotopic (exact) mass is 620 g/mol. The van der Waals surface area contributed by atoms with Crippen molar-refractivity contribution in [1.82, 2.24) is 29.6 Å². The molecule has 2 N–H and O–H groups in total. The first kappa shape index (κ1) is 29.8. The van der Waals surface area contributed by atoms with Gasteiger partial charge in [-0.05, 0) is 19.4 Å². The largest absolute Gasteiger partial charge is 0.467 e. The molecule has 1 amide bonds. The van der Waals surface area contributed by atoms with Gasteiger partial charge in [0.25, 0.3) is 5.91 Å². The molecule has 1 atom stereocenters. The van der Waals surface area contributed by atoms with Crippen LogP contribution in [0.1, 0.15) is 62.9 Å². The van der Waals surface area contributed by atoms with E-state index < -0.39 is 17.0 Å². The van der Waals surface area contributed by atoms with E-state index in [9.17, 15) is 18.0 Å². The Hall–Kier alpha value is -3.70. The van der Waals surface area contributed by atoms with Crippen LogP contribution in [0.15, 0.2) is 6.07 Å². The molecule has 5 heterocycles. The predicted octanol–water partition coefficient (Wildman–Crippen LogP) is 4.35. The molecule has 0 radical (unpaired) electrons. The molecule has 0 aromatic carbocycles. The number of aromatic nitrogens is 5. The highest BCUT2D eigenvalue weighted by atomic mass is 35.5. The second kappa shape index (κ2) is 11.5. The Bertz CT molecular complexity index is 1620. The molecule has 0 bridgehead atoms. The third kappa shape index (κ3) is 5.55. The SMILES string of the molecule is CC#Cc1cc(N)nc(C2Cc3nc(OC)nc(N4CCCn5nc(C(=O)N(C)C)c(Cl)c5C4)c3CS2)c1C(F)(F)F. The molecule has 2 aliphatic heterocycles. The number of amides is 1. The van der Waals surface area contributed by atoms with Gasteiger partial charge in [0.1, 0.15) is 11.6 Å². The highest BCUT2D eigenvalue weighted by Gasteiger charge is 2.41. The molecule has 10 nitrogen and oxygen atoms in total. The number of nitrogen functional groups attached to an aromatic ring is 1. The van der Waals surface area contributed by atoms with E-state index in [1.165, 1.54) is 30.7 Å². The molecular weight excluding hydrogens is 593 g/mol. The summed E-state index contributed by atoms with van der Waals surface area (Å²) in [5, 5.41) is 4.07. The standard InChI is InChI=1S/C27H28ClF3N8O2S/c1-5-7-14-10-19(32)34-22(20(14)27(29,30)31)18-11-16-15(13-42-18)24(35-26(33-16)41-4)38-8-6-9-39-17(12-38)21(28)23(36-39)25(40)37(2)3/h10,18H,6,8-9,11-13H2,1-4H3,(H2,32,34). The zero-order valence-corrected chi connectivity index (χ0v) is 24.9. The number of fused-ring (bicyclic) bond motifs is 2. The van der Waals surface area contributed by atoms with Crippen molar-refractivity contribution in [3.8, 4) is 17.9 Å². The molecule has 0 aliphatic carbocycles. The van der Waals surface area contributed by atoms with Crippen molar-refractivity contribution >= 4 is 40.9 Å². The van der Waals surface area contributed by atoms with Crippen molar-refractivity contribution < 1.29 is 22.7 Å². The summed E-state index contributed by atoms with van der Waals surface area (Å²) in [4.78, 5) is 29.4. The van der Waals surface area contributed by atoms with Crippen molar-refractivity contribution in [1.29, 1.82) is 0 Å². The van der Waals surface area contributed by atoms with Gasteiger partial charge in [0.05, 0.1) is 46.6 Å². The van der Waals surface area contributed by atoms with E-state index in [4.69, 9.17) is 22.1 Å². The number of anilines is 2. The number of halogens is 4. The Morgan fingerprint density at radius 1 is 1.26 bits per heavy atom. The maximum absolute atomic E-state index is 14.3. The van der Waals surface area contributed by atoms with Crippen LogP contribution in [0.3, 0.4) is 0 Å². The van der Waals surface area contributed by atoms with Gasteiger partial charge in [-0.2, -0.15) is 28.2 Å². The number of hydrogen-bond acceptors (Lipinski definition) is 9. The molecule has 3 aromatic rings. The predicted molar refractivity (Wildman–Crippen MR) is 153 cm³/mol. The molecule has 2 aliphatic rings. The number of aryl methyl sites for hydroxylation is 1. The van der Waals surface area contributed by atoms with Crippen molar-refractivity contribution in [2.45, 2.75) is 50.0 Å². The molecule has 15 heteroatoms. The van der Waals surface area contributed by atoms with Crippen LogP contribution in [0, 0.1) is 11.8 Å². The van der Waals surface area contributed by atoms with Crippen LogP contribution < -0.4 is 15.4 Å². The van der Waals surface area contributed by atoms with E-state index >= 15 is 0 Å². The normalized spacial score (nSPS) is 16.6. The highest BCUT2D eigenvalue weighted by Crippen LogP contribution is 2.47. The van der Waals surface area contributed by atoms with Gasteiger partial charge in [-0.15, -0.1) is 17.7 Å². The highest BCUT2D eigenvalue weighted by molar-refractivity contribution is 7.98. The van der Waals surface area contributed by atoms with Gasteiger partial charge >= 0.3 is 12.2 Å². The first-order valence-corrected chi connectivity index (χ1v) is 14.4. The van der Waals surface area contributed by atoms with Crippen molar-refractivity contribution in [2.24, 2.45) is 0 Å². The number of methoxy groups -OCH3 is 1. The number of thioether (sulfide) groups is 1. The summed E-state index contributed by atoms with van der Waals surface area (Å²) in [6.07, 6.45) is -3.83. The lowest BCUT2D eigenvalue weighted by molar-refractivity contribution is -0.138. The van der Waals surface area contributed by atoms with Gasteiger partial charge in [0.15, 0.2) is 5.69 Å². The average molecular weight is 621 g/mol. The number of hydrogen-bond donors (Lipinski definition) is 1. The molecule has 0 fully saturated rings. The van der Waals surface area contributed by atoms with Crippen molar-refractivity contribution in [2.75, 3.05) is 38.4 Å². The summed E-state index contributed by atoms with van der Waals surface area (Å²) in [5.74, 6) is 5.67. The fraction of sp³-hybridized carbons (Fsp3) is 0.444. The quantitative estimate of drug-likeness (QED) is 0.425. The van der Waals surface area contributed by atoms with Crippen LogP contribution in [0.2, 0.25) is 5.02 Å². The van der Waals surface area contributed by atoms with Gasteiger partial charge < -0.3 is 20.3 Å². The number of nitrogens with two attached hydrogens (primary N) is 1. The second-order valence-corrected chi connectivity index (χ2v) is 11.6. The smallest absolute Gasteiger partial charge is 0.419 e. The van der Waals surface area contributed by atoms with Gasteiger partial charge in [-0.25, -0.2) is 4.98 Å². The molecule has 5 rings (SSSR count). The van der Waals surface area contributed by atoms with Crippen LogP contribution in [0.5, 0.6) is 6.01 Å². The topological polar surface area (TPSA) is 115 Å². The maximum atomic E-state index is 14.3. The molecule has 0 saturated heterocycles. The van der Waals surface area contributed by atoms with Crippen LogP contribution in [-0.4, -0.2) is 63.3 Å². The fourth-order valence-electron chi connectivity index (χ4n) is 5.12. The zero-order chi connectivity index (χ0) is 30.3. The molecule has 222 valence electrons. The van der Waals surface area contributed by atoms with E-state index in [-0.39, 0.29) is 46.1 Å². The number of rotatable bonds is 4. The maximum Gasteiger partial charge on any atom is 0.419 e. The number of pyridine rings is 1. The van der Waals surface area contributed by atoms with Crippen molar-refractivity contribution in [3.05, 3.63) is 50.6 Å². The summed E-state index contributed by atoms with van der Waals surface area (Å²) < 4.78 is 50.0. The van der Waals surface area contributed by atoms with Crippen molar-refractivity contribution in [3.63, 3.8) is 0 Å². The fourth-order valence-corrected chi connectivity index (χ4v) is 6.66. The molecular formula is C27H28ClF3N8O2S. The van der Waals surface area contributed by atoms with Crippen LogP contribution in [0.4, 0.5) is 24.8 Å².